The zero-order chi connectivity index (χ0) is 15.2. The summed E-state index contributed by atoms with van der Waals surface area (Å²) in [6.45, 7) is 3.99. The zero-order valence-corrected chi connectivity index (χ0v) is 12.6. The molecule has 110 valence electrons. The SMILES string of the molecule is Cc1cccc(CCC(=O)Nc2cccc(C(C)N)c2)c1. The van der Waals surface area contributed by atoms with E-state index in [0.29, 0.717) is 6.42 Å². The molecular weight excluding hydrogens is 260 g/mol. The van der Waals surface area contributed by atoms with Crippen LogP contribution in [0.25, 0.3) is 0 Å². The predicted molar refractivity (Wildman–Crippen MR) is 87.2 cm³/mol. The lowest BCUT2D eigenvalue weighted by Gasteiger charge is -2.09. The number of aryl methyl sites for hydroxylation is 2. The van der Waals surface area contributed by atoms with Gasteiger partial charge in [0.15, 0.2) is 0 Å². The van der Waals surface area contributed by atoms with Crippen LogP contribution in [0.3, 0.4) is 0 Å². The van der Waals surface area contributed by atoms with Crippen LogP contribution in [-0.4, -0.2) is 5.91 Å². The van der Waals surface area contributed by atoms with Gasteiger partial charge in [-0.2, -0.15) is 0 Å². The minimum atomic E-state index is -0.0332. The minimum absolute atomic E-state index is 0.0262. The molecule has 0 aliphatic heterocycles. The van der Waals surface area contributed by atoms with Crippen molar-refractivity contribution in [2.24, 2.45) is 5.73 Å². The van der Waals surface area contributed by atoms with Gasteiger partial charge in [0.25, 0.3) is 0 Å². The highest BCUT2D eigenvalue weighted by Gasteiger charge is 2.05. The van der Waals surface area contributed by atoms with Gasteiger partial charge in [-0.05, 0) is 43.5 Å². The van der Waals surface area contributed by atoms with Crippen molar-refractivity contribution in [1.82, 2.24) is 0 Å². The predicted octanol–water partition coefficient (Wildman–Crippen LogP) is 3.59. The number of nitrogens with two attached hydrogens (primary N) is 1. The monoisotopic (exact) mass is 282 g/mol. The molecule has 1 atom stereocenters. The molecule has 0 saturated heterocycles. The van der Waals surface area contributed by atoms with E-state index in [9.17, 15) is 4.79 Å². The van der Waals surface area contributed by atoms with Gasteiger partial charge >= 0.3 is 0 Å². The van der Waals surface area contributed by atoms with E-state index < -0.39 is 0 Å². The third-order valence-corrected chi connectivity index (χ3v) is 3.42. The molecule has 0 saturated carbocycles. The number of benzene rings is 2. The summed E-state index contributed by atoms with van der Waals surface area (Å²) in [6, 6.07) is 15.9. The fourth-order valence-corrected chi connectivity index (χ4v) is 2.25. The number of hydrogen-bond donors (Lipinski definition) is 2. The number of amides is 1. The lowest BCUT2D eigenvalue weighted by Crippen LogP contribution is -2.13. The molecule has 0 radical (unpaired) electrons. The van der Waals surface area contributed by atoms with Crippen LogP contribution < -0.4 is 11.1 Å². The van der Waals surface area contributed by atoms with Gasteiger partial charge in [-0.25, -0.2) is 0 Å². The van der Waals surface area contributed by atoms with Crippen molar-refractivity contribution in [1.29, 1.82) is 0 Å². The van der Waals surface area contributed by atoms with Crippen LogP contribution in [0.5, 0.6) is 0 Å². The highest BCUT2D eigenvalue weighted by atomic mass is 16.1. The average molecular weight is 282 g/mol. The van der Waals surface area contributed by atoms with E-state index in [1.165, 1.54) is 11.1 Å². The van der Waals surface area contributed by atoms with Gasteiger partial charge in [0.05, 0.1) is 0 Å². The Morgan fingerprint density at radius 3 is 2.67 bits per heavy atom. The molecule has 3 heteroatoms. The molecule has 0 fully saturated rings. The Morgan fingerprint density at radius 1 is 1.19 bits per heavy atom. The van der Waals surface area contributed by atoms with Crippen molar-refractivity contribution in [2.75, 3.05) is 5.32 Å². The summed E-state index contributed by atoms with van der Waals surface area (Å²) >= 11 is 0. The molecule has 2 aromatic carbocycles. The van der Waals surface area contributed by atoms with Crippen molar-refractivity contribution >= 4 is 11.6 Å². The number of anilines is 1. The van der Waals surface area contributed by atoms with Gasteiger partial charge in [0.1, 0.15) is 0 Å². The fraction of sp³-hybridized carbons (Fsp3) is 0.278. The molecule has 0 aliphatic rings. The van der Waals surface area contributed by atoms with Crippen LogP contribution in [0.1, 0.15) is 36.1 Å². The Labute approximate surface area is 126 Å². The van der Waals surface area contributed by atoms with E-state index in [2.05, 4.69) is 30.4 Å². The Bertz CT molecular complexity index is 620. The van der Waals surface area contributed by atoms with Crippen LogP contribution in [0, 0.1) is 6.92 Å². The van der Waals surface area contributed by atoms with Crippen LogP contribution in [0.2, 0.25) is 0 Å². The third kappa shape index (κ3) is 4.72. The summed E-state index contributed by atoms with van der Waals surface area (Å²) in [6.07, 6.45) is 1.23. The first-order valence-electron chi connectivity index (χ1n) is 7.25. The molecule has 0 spiro atoms. The van der Waals surface area contributed by atoms with Gasteiger partial charge < -0.3 is 11.1 Å². The Morgan fingerprint density at radius 2 is 1.95 bits per heavy atom. The summed E-state index contributed by atoms with van der Waals surface area (Å²) in [5.74, 6) is 0.0262. The van der Waals surface area contributed by atoms with Crippen molar-refractivity contribution in [3.63, 3.8) is 0 Å². The van der Waals surface area contributed by atoms with Gasteiger partial charge in [-0.15, -0.1) is 0 Å². The maximum absolute atomic E-state index is 12.0. The maximum atomic E-state index is 12.0. The smallest absolute Gasteiger partial charge is 0.224 e. The summed E-state index contributed by atoms with van der Waals surface area (Å²) in [5, 5.41) is 2.93. The summed E-state index contributed by atoms with van der Waals surface area (Å²) in [4.78, 5) is 12.0. The van der Waals surface area contributed by atoms with Crippen LogP contribution in [-0.2, 0) is 11.2 Å². The van der Waals surface area contributed by atoms with E-state index in [1.54, 1.807) is 0 Å². The van der Waals surface area contributed by atoms with Gasteiger partial charge in [-0.1, -0.05) is 42.0 Å². The molecule has 21 heavy (non-hydrogen) atoms. The average Bonchev–Trinajstić information content (AvgIpc) is 2.45. The fourth-order valence-electron chi connectivity index (χ4n) is 2.25. The number of nitrogens with one attached hydrogen (secondary N) is 1. The molecule has 1 amide bonds. The number of carbonyl (C=O) groups excluding carboxylic acids is 1. The van der Waals surface area contributed by atoms with Crippen LogP contribution in [0.4, 0.5) is 5.69 Å². The first-order chi connectivity index (χ1) is 10.0. The molecule has 3 N–H and O–H groups in total. The molecule has 0 bridgehead atoms. The topological polar surface area (TPSA) is 55.1 Å². The van der Waals surface area contributed by atoms with E-state index in [4.69, 9.17) is 5.73 Å². The summed E-state index contributed by atoms with van der Waals surface area (Å²) < 4.78 is 0. The second-order valence-corrected chi connectivity index (χ2v) is 5.45. The van der Waals surface area contributed by atoms with Crippen LogP contribution >= 0.6 is 0 Å². The quantitative estimate of drug-likeness (QED) is 0.880. The Kier molecular flexibility index (Phi) is 5.12. The van der Waals surface area contributed by atoms with Gasteiger partial charge in [-0.3, -0.25) is 4.79 Å². The third-order valence-electron chi connectivity index (χ3n) is 3.42. The highest BCUT2D eigenvalue weighted by molar-refractivity contribution is 5.90. The van der Waals surface area contributed by atoms with Crippen molar-refractivity contribution in [3.05, 3.63) is 65.2 Å². The summed E-state index contributed by atoms with van der Waals surface area (Å²) in [7, 11) is 0. The van der Waals surface area contributed by atoms with Crippen molar-refractivity contribution in [2.45, 2.75) is 32.7 Å². The minimum Gasteiger partial charge on any atom is -0.326 e. The number of hydrogen-bond acceptors (Lipinski definition) is 2. The molecule has 2 rings (SSSR count). The standard InChI is InChI=1S/C18H22N2O/c1-13-5-3-6-15(11-13)9-10-18(21)20-17-8-4-7-16(12-17)14(2)19/h3-8,11-12,14H,9-10,19H2,1-2H3,(H,20,21). The first kappa shape index (κ1) is 15.3. The van der Waals surface area contributed by atoms with Gasteiger partial charge in [0, 0.05) is 18.2 Å². The van der Waals surface area contributed by atoms with Crippen molar-refractivity contribution < 1.29 is 4.79 Å². The maximum Gasteiger partial charge on any atom is 0.224 e. The molecule has 1 unspecified atom stereocenters. The Balaban J connectivity index is 1.91. The normalized spacial score (nSPS) is 12.0. The second-order valence-electron chi connectivity index (χ2n) is 5.45. The lowest BCUT2D eigenvalue weighted by molar-refractivity contribution is -0.116. The van der Waals surface area contributed by atoms with E-state index >= 15 is 0 Å². The number of rotatable bonds is 5. The largest absolute Gasteiger partial charge is 0.326 e. The molecule has 0 aliphatic carbocycles. The molecule has 3 nitrogen and oxygen atoms in total. The molecule has 0 heterocycles. The van der Waals surface area contributed by atoms with E-state index in [0.717, 1.165) is 17.7 Å². The van der Waals surface area contributed by atoms with E-state index in [-0.39, 0.29) is 11.9 Å². The van der Waals surface area contributed by atoms with Crippen LogP contribution in [0.15, 0.2) is 48.5 Å². The second kappa shape index (κ2) is 7.04. The molecule has 0 aromatic heterocycles. The lowest BCUT2D eigenvalue weighted by atomic mass is 10.1. The van der Waals surface area contributed by atoms with Gasteiger partial charge in [0.2, 0.25) is 5.91 Å². The number of carbonyl (C=O) groups is 1. The highest BCUT2D eigenvalue weighted by Crippen LogP contribution is 2.16. The Hall–Kier alpha value is -2.13. The van der Waals surface area contributed by atoms with E-state index in [1.807, 2.05) is 37.3 Å². The molecular formula is C18H22N2O. The molecule has 2 aromatic rings. The van der Waals surface area contributed by atoms with Crippen molar-refractivity contribution in [3.8, 4) is 0 Å². The summed E-state index contributed by atoms with van der Waals surface area (Å²) in [5.41, 5.74) is 10.1. The zero-order valence-electron chi connectivity index (χ0n) is 12.6. The first-order valence-corrected chi connectivity index (χ1v) is 7.25.